The Morgan fingerprint density at radius 2 is 1.90 bits per heavy atom. The van der Waals surface area contributed by atoms with Crippen molar-refractivity contribution in [2.45, 2.75) is 10.1 Å². The molecule has 0 unspecified atom stereocenters. The van der Waals surface area contributed by atoms with Gasteiger partial charge in [-0.05, 0) is 41.6 Å². The van der Waals surface area contributed by atoms with E-state index >= 15 is 0 Å². The summed E-state index contributed by atoms with van der Waals surface area (Å²) in [5, 5.41) is 1.42. The lowest BCUT2D eigenvalue weighted by atomic mass is 10.4. The zero-order valence-corrected chi connectivity index (χ0v) is 13.3. The molecule has 0 amide bonds. The second kappa shape index (κ2) is 6.79. The summed E-state index contributed by atoms with van der Waals surface area (Å²) in [5.41, 5.74) is 0. The Bertz CT molecular complexity index is 637. The monoisotopic (exact) mass is 342 g/mol. The molecule has 1 saturated heterocycles. The summed E-state index contributed by atoms with van der Waals surface area (Å²) in [4.78, 5) is 15.8. The maximum Gasteiger partial charge on any atom is 0.230 e. The van der Waals surface area contributed by atoms with Crippen LogP contribution in [0, 0.1) is 0 Å². The highest BCUT2D eigenvalue weighted by molar-refractivity contribution is 7.99. The first-order valence-electron chi connectivity index (χ1n) is 6.38. The van der Waals surface area contributed by atoms with Crippen LogP contribution >= 0.6 is 35.0 Å². The summed E-state index contributed by atoms with van der Waals surface area (Å²) >= 11 is 13.4. The van der Waals surface area contributed by atoms with E-state index in [0.29, 0.717) is 29.3 Å². The Kier molecular flexibility index (Phi) is 4.80. The molecule has 3 rings (SSSR count). The summed E-state index contributed by atoms with van der Waals surface area (Å²) in [6.45, 7) is 2.84. The van der Waals surface area contributed by atoms with E-state index in [4.69, 9.17) is 27.9 Å². The van der Waals surface area contributed by atoms with Crippen molar-refractivity contribution < 1.29 is 4.74 Å². The summed E-state index contributed by atoms with van der Waals surface area (Å²) in [6.07, 6.45) is 0. The van der Waals surface area contributed by atoms with Crippen molar-refractivity contribution in [3.05, 3.63) is 34.6 Å². The fraction of sp³-hybridized carbons (Fsp3) is 0.308. The molecule has 110 valence electrons. The molecule has 1 aliphatic heterocycles. The SMILES string of the molecule is Clc1cccc(Sc2nc(Cl)nc(N3CCOCC3)n2)c1. The van der Waals surface area contributed by atoms with Crippen molar-refractivity contribution in [1.82, 2.24) is 15.0 Å². The van der Waals surface area contributed by atoms with Gasteiger partial charge in [-0.2, -0.15) is 15.0 Å². The number of benzene rings is 1. The molecule has 0 saturated carbocycles. The highest BCUT2D eigenvalue weighted by Gasteiger charge is 2.16. The third kappa shape index (κ3) is 3.97. The highest BCUT2D eigenvalue weighted by atomic mass is 35.5. The molecule has 2 aromatic rings. The summed E-state index contributed by atoms with van der Waals surface area (Å²) < 4.78 is 5.32. The van der Waals surface area contributed by atoms with Crippen LogP contribution in [0.5, 0.6) is 0 Å². The van der Waals surface area contributed by atoms with Crippen LogP contribution in [0.4, 0.5) is 5.95 Å². The van der Waals surface area contributed by atoms with Gasteiger partial charge in [-0.25, -0.2) is 0 Å². The molecule has 21 heavy (non-hydrogen) atoms. The van der Waals surface area contributed by atoms with E-state index in [2.05, 4.69) is 15.0 Å². The van der Waals surface area contributed by atoms with E-state index in [1.54, 1.807) is 0 Å². The highest BCUT2D eigenvalue weighted by Crippen LogP contribution is 2.28. The first kappa shape index (κ1) is 14.8. The van der Waals surface area contributed by atoms with Crippen molar-refractivity contribution >= 4 is 40.9 Å². The molecule has 0 spiro atoms. The molecule has 0 aliphatic carbocycles. The number of hydrogen-bond donors (Lipinski definition) is 0. The topological polar surface area (TPSA) is 51.1 Å². The summed E-state index contributed by atoms with van der Waals surface area (Å²) in [7, 11) is 0. The molecule has 0 N–H and O–H groups in total. The van der Waals surface area contributed by atoms with Crippen molar-refractivity contribution in [2.75, 3.05) is 31.2 Å². The maximum absolute atomic E-state index is 6.01. The molecular weight excluding hydrogens is 331 g/mol. The lowest BCUT2D eigenvalue weighted by Gasteiger charge is -2.26. The largest absolute Gasteiger partial charge is 0.378 e. The smallest absolute Gasteiger partial charge is 0.230 e. The van der Waals surface area contributed by atoms with Gasteiger partial charge in [-0.3, -0.25) is 0 Å². The second-order valence-corrected chi connectivity index (χ2v) is 6.16. The minimum absolute atomic E-state index is 0.191. The third-order valence-corrected chi connectivity index (χ3v) is 4.13. The minimum atomic E-state index is 0.191. The molecule has 1 aliphatic rings. The molecule has 1 aromatic heterocycles. The third-order valence-electron chi connectivity index (χ3n) is 2.87. The first-order valence-corrected chi connectivity index (χ1v) is 7.96. The molecule has 2 heterocycles. The van der Waals surface area contributed by atoms with Crippen molar-refractivity contribution in [3.8, 4) is 0 Å². The molecule has 5 nitrogen and oxygen atoms in total. The first-order chi connectivity index (χ1) is 10.2. The van der Waals surface area contributed by atoms with Gasteiger partial charge in [-0.1, -0.05) is 17.7 Å². The zero-order valence-electron chi connectivity index (χ0n) is 11.0. The van der Waals surface area contributed by atoms with Crippen LogP contribution in [0.3, 0.4) is 0 Å². The minimum Gasteiger partial charge on any atom is -0.378 e. The van der Waals surface area contributed by atoms with E-state index in [-0.39, 0.29) is 5.28 Å². The number of halogens is 2. The van der Waals surface area contributed by atoms with Gasteiger partial charge in [0.1, 0.15) is 0 Å². The summed E-state index contributed by atoms with van der Waals surface area (Å²) in [6, 6.07) is 7.52. The average molecular weight is 343 g/mol. The number of hydrogen-bond acceptors (Lipinski definition) is 6. The Hall–Kier alpha value is -1.08. The van der Waals surface area contributed by atoms with Crippen LogP contribution in [-0.4, -0.2) is 41.3 Å². The fourth-order valence-corrected chi connectivity index (χ4v) is 3.17. The number of ether oxygens (including phenoxy) is 1. The molecule has 0 bridgehead atoms. The quantitative estimate of drug-likeness (QED) is 0.853. The lowest BCUT2D eigenvalue weighted by molar-refractivity contribution is 0.122. The van der Waals surface area contributed by atoms with Crippen LogP contribution in [0.25, 0.3) is 0 Å². The second-order valence-electron chi connectivity index (χ2n) is 4.35. The predicted molar refractivity (Wildman–Crippen MR) is 83.4 cm³/mol. The van der Waals surface area contributed by atoms with E-state index in [0.717, 1.165) is 18.0 Å². The van der Waals surface area contributed by atoms with Crippen molar-refractivity contribution in [1.29, 1.82) is 0 Å². The molecular formula is C13H12Cl2N4OS. The zero-order chi connectivity index (χ0) is 14.7. The van der Waals surface area contributed by atoms with Gasteiger partial charge in [-0.15, -0.1) is 0 Å². The molecule has 0 radical (unpaired) electrons. The van der Waals surface area contributed by atoms with Gasteiger partial charge in [0.15, 0.2) is 5.16 Å². The number of nitrogens with zero attached hydrogens (tertiary/aromatic N) is 4. The average Bonchev–Trinajstić information content (AvgIpc) is 2.47. The van der Waals surface area contributed by atoms with Gasteiger partial charge >= 0.3 is 0 Å². The Balaban J connectivity index is 1.83. The van der Waals surface area contributed by atoms with E-state index in [1.807, 2.05) is 29.2 Å². The predicted octanol–water partition coefficient (Wildman–Crippen LogP) is 3.17. The standard InChI is InChI=1S/C13H12Cl2N4OS/c14-9-2-1-3-10(8-9)21-13-17-11(15)16-12(18-13)19-4-6-20-7-5-19/h1-3,8H,4-7H2. The summed E-state index contributed by atoms with van der Waals surface area (Å²) in [5.74, 6) is 0.586. The van der Waals surface area contributed by atoms with Gasteiger partial charge in [0.05, 0.1) is 13.2 Å². The number of aromatic nitrogens is 3. The Morgan fingerprint density at radius 3 is 2.67 bits per heavy atom. The van der Waals surface area contributed by atoms with Gasteiger partial charge in [0.2, 0.25) is 11.2 Å². The van der Waals surface area contributed by atoms with Gasteiger partial charge in [0.25, 0.3) is 0 Å². The van der Waals surface area contributed by atoms with Crippen LogP contribution in [-0.2, 0) is 4.74 Å². The van der Waals surface area contributed by atoms with Crippen LogP contribution in [0.1, 0.15) is 0 Å². The van der Waals surface area contributed by atoms with E-state index in [1.165, 1.54) is 11.8 Å². The Morgan fingerprint density at radius 1 is 1.10 bits per heavy atom. The van der Waals surface area contributed by atoms with Crippen LogP contribution in [0.2, 0.25) is 10.3 Å². The number of rotatable bonds is 3. The van der Waals surface area contributed by atoms with E-state index in [9.17, 15) is 0 Å². The number of morpholine rings is 1. The molecule has 1 fully saturated rings. The molecule has 8 heteroatoms. The molecule has 0 atom stereocenters. The Labute approximate surface area is 136 Å². The van der Waals surface area contributed by atoms with Crippen molar-refractivity contribution in [3.63, 3.8) is 0 Å². The van der Waals surface area contributed by atoms with E-state index < -0.39 is 0 Å². The normalized spacial score (nSPS) is 15.2. The number of anilines is 1. The molecule has 1 aromatic carbocycles. The maximum atomic E-state index is 6.01. The van der Waals surface area contributed by atoms with Gasteiger partial charge < -0.3 is 9.64 Å². The van der Waals surface area contributed by atoms with Crippen LogP contribution < -0.4 is 4.90 Å². The van der Waals surface area contributed by atoms with Gasteiger partial charge in [0, 0.05) is 23.0 Å². The lowest BCUT2D eigenvalue weighted by Crippen LogP contribution is -2.37. The van der Waals surface area contributed by atoms with Crippen molar-refractivity contribution in [2.24, 2.45) is 0 Å². The fourth-order valence-electron chi connectivity index (χ4n) is 1.91. The van der Waals surface area contributed by atoms with Crippen LogP contribution in [0.15, 0.2) is 34.3 Å².